The van der Waals surface area contributed by atoms with Crippen molar-refractivity contribution >= 4 is 21.2 Å². The van der Waals surface area contributed by atoms with Crippen molar-refractivity contribution in [1.29, 1.82) is 0 Å². The fourth-order valence-corrected chi connectivity index (χ4v) is 4.19. The Morgan fingerprint density at radius 2 is 1.91 bits per heavy atom. The summed E-state index contributed by atoms with van der Waals surface area (Å²) in [7, 11) is -1.39. The van der Waals surface area contributed by atoms with Crippen LogP contribution in [-0.4, -0.2) is 41.9 Å². The van der Waals surface area contributed by atoms with Crippen LogP contribution in [0.15, 0.2) is 24.3 Å². The van der Waals surface area contributed by atoms with Crippen molar-refractivity contribution < 1.29 is 8.42 Å². The molecule has 22 heavy (non-hydrogen) atoms. The minimum atomic E-state index is -3.35. The molecule has 0 spiro atoms. The van der Waals surface area contributed by atoms with E-state index in [1.807, 2.05) is 35.9 Å². The Morgan fingerprint density at radius 3 is 2.64 bits per heavy atom. The summed E-state index contributed by atoms with van der Waals surface area (Å²) in [5.74, 6) is 0.891. The number of nitrogens with zero attached hydrogens (tertiary/aromatic N) is 3. The third-order valence-electron chi connectivity index (χ3n) is 4.17. The number of aryl methyl sites for hydroxylation is 1. The third kappa shape index (κ3) is 3.16. The lowest BCUT2D eigenvalue weighted by molar-refractivity contribution is 0.342. The first-order chi connectivity index (χ1) is 10.6. The smallest absolute Gasteiger partial charge is 0.279 e. The van der Waals surface area contributed by atoms with Gasteiger partial charge in [-0.2, -0.15) is 12.7 Å². The van der Waals surface area contributed by atoms with Gasteiger partial charge in [-0.1, -0.05) is 18.6 Å². The molecule has 1 aliphatic rings. The number of fused-ring (bicyclic) bond motifs is 1. The maximum atomic E-state index is 12.2. The van der Waals surface area contributed by atoms with E-state index >= 15 is 0 Å². The third-order valence-corrected chi connectivity index (χ3v) is 5.78. The molecule has 2 heterocycles. The van der Waals surface area contributed by atoms with E-state index in [1.54, 1.807) is 4.31 Å². The molecule has 0 aliphatic carbocycles. The Hall–Kier alpha value is -1.44. The number of rotatable bonds is 5. The Balaban J connectivity index is 1.63. The summed E-state index contributed by atoms with van der Waals surface area (Å²) in [6.45, 7) is 1.62. The standard InChI is InChI=1S/C15H22N4O2S/c1-18-14-8-4-3-7-13(14)17-15(18)9-10-16-22(20,21)19-11-5-2-6-12-19/h3-4,7-8,16H,2,5-6,9-12H2,1H3. The molecule has 120 valence electrons. The van der Waals surface area contributed by atoms with Crippen molar-refractivity contribution in [1.82, 2.24) is 18.6 Å². The first kappa shape index (κ1) is 15.5. The minimum Gasteiger partial charge on any atom is -0.331 e. The molecule has 0 saturated carbocycles. The second kappa shape index (κ2) is 6.36. The molecular formula is C15H22N4O2S. The molecule has 1 aromatic carbocycles. The van der Waals surface area contributed by atoms with Crippen molar-refractivity contribution in [2.24, 2.45) is 7.05 Å². The maximum Gasteiger partial charge on any atom is 0.279 e. The van der Waals surface area contributed by atoms with E-state index < -0.39 is 10.2 Å². The largest absolute Gasteiger partial charge is 0.331 e. The summed E-state index contributed by atoms with van der Waals surface area (Å²) >= 11 is 0. The van der Waals surface area contributed by atoms with Gasteiger partial charge in [0.2, 0.25) is 0 Å². The lowest BCUT2D eigenvalue weighted by Crippen LogP contribution is -2.44. The average Bonchev–Trinajstić information content (AvgIpc) is 2.85. The van der Waals surface area contributed by atoms with Crippen LogP contribution in [0.3, 0.4) is 0 Å². The molecule has 6 nitrogen and oxygen atoms in total. The molecule has 1 aliphatic heterocycles. The average molecular weight is 322 g/mol. The van der Waals surface area contributed by atoms with Gasteiger partial charge < -0.3 is 4.57 Å². The van der Waals surface area contributed by atoms with Crippen molar-refractivity contribution in [3.63, 3.8) is 0 Å². The number of para-hydroxylation sites is 2. The fourth-order valence-electron chi connectivity index (χ4n) is 2.91. The fraction of sp³-hybridized carbons (Fsp3) is 0.533. The monoisotopic (exact) mass is 322 g/mol. The van der Waals surface area contributed by atoms with Gasteiger partial charge in [0.1, 0.15) is 5.82 Å². The van der Waals surface area contributed by atoms with E-state index in [-0.39, 0.29) is 0 Å². The SMILES string of the molecule is Cn1c(CCNS(=O)(=O)N2CCCCC2)nc2ccccc21. The van der Waals surface area contributed by atoms with Crippen LogP contribution in [0, 0.1) is 0 Å². The van der Waals surface area contributed by atoms with Gasteiger partial charge in [0.25, 0.3) is 10.2 Å². The second-order valence-corrected chi connectivity index (χ2v) is 7.44. The van der Waals surface area contributed by atoms with Gasteiger partial charge >= 0.3 is 0 Å². The van der Waals surface area contributed by atoms with Crippen LogP contribution in [-0.2, 0) is 23.7 Å². The highest BCUT2D eigenvalue weighted by Gasteiger charge is 2.23. The summed E-state index contributed by atoms with van der Waals surface area (Å²) in [6.07, 6.45) is 3.60. The summed E-state index contributed by atoms with van der Waals surface area (Å²) in [6, 6.07) is 7.92. The topological polar surface area (TPSA) is 67.2 Å². The van der Waals surface area contributed by atoms with E-state index in [1.165, 1.54) is 0 Å². The van der Waals surface area contributed by atoms with Gasteiger partial charge in [0.15, 0.2) is 0 Å². The Morgan fingerprint density at radius 1 is 1.18 bits per heavy atom. The quantitative estimate of drug-likeness (QED) is 0.906. The summed E-state index contributed by atoms with van der Waals surface area (Å²) < 4.78 is 30.7. The normalized spacial score (nSPS) is 17.1. The first-order valence-corrected chi connectivity index (χ1v) is 9.17. The van der Waals surface area contributed by atoms with Crippen molar-refractivity contribution in [2.75, 3.05) is 19.6 Å². The predicted octanol–water partition coefficient (Wildman–Crippen LogP) is 1.44. The number of nitrogens with one attached hydrogen (secondary N) is 1. The Kier molecular flexibility index (Phi) is 4.46. The zero-order valence-corrected chi connectivity index (χ0v) is 13.6. The van der Waals surface area contributed by atoms with Gasteiger partial charge in [-0.05, 0) is 25.0 Å². The first-order valence-electron chi connectivity index (χ1n) is 7.73. The van der Waals surface area contributed by atoms with Crippen LogP contribution >= 0.6 is 0 Å². The summed E-state index contributed by atoms with van der Waals surface area (Å²) in [5.41, 5.74) is 2.01. The number of imidazole rings is 1. The molecule has 0 radical (unpaired) electrons. The van der Waals surface area contributed by atoms with Crippen LogP contribution in [0.1, 0.15) is 25.1 Å². The lowest BCUT2D eigenvalue weighted by Gasteiger charge is -2.25. The van der Waals surface area contributed by atoms with Crippen molar-refractivity contribution in [2.45, 2.75) is 25.7 Å². The number of piperidine rings is 1. The molecule has 1 N–H and O–H groups in total. The highest BCUT2D eigenvalue weighted by Crippen LogP contribution is 2.15. The van der Waals surface area contributed by atoms with E-state index in [0.29, 0.717) is 26.1 Å². The highest BCUT2D eigenvalue weighted by molar-refractivity contribution is 7.87. The zero-order chi connectivity index (χ0) is 15.6. The molecule has 0 atom stereocenters. The van der Waals surface area contributed by atoms with E-state index in [9.17, 15) is 8.42 Å². The van der Waals surface area contributed by atoms with Gasteiger partial charge in [-0.15, -0.1) is 0 Å². The number of benzene rings is 1. The minimum absolute atomic E-state index is 0.371. The van der Waals surface area contributed by atoms with Crippen LogP contribution < -0.4 is 4.72 Å². The van der Waals surface area contributed by atoms with Crippen LogP contribution in [0.5, 0.6) is 0 Å². The van der Waals surface area contributed by atoms with Crippen LogP contribution in [0.25, 0.3) is 11.0 Å². The Labute approximate surface area is 131 Å². The van der Waals surface area contributed by atoms with E-state index in [2.05, 4.69) is 9.71 Å². The summed E-state index contributed by atoms with van der Waals surface area (Å²) in [5, 5.41) is 0. The molecule has 1 aromatic heterocycles. The number of hydrogen-bond acceptors (Lipinski definition) is 3. The van der Waals surface area contributed by atoms with E-state index in [4.69, 9.17) is 0 Å². The molecule has 0 unspecified atom stereocenters. The Bertz CT molecular complexity index is 748. The molecule has 1 saturated heterocycles. The van der Waals surface area contributed by atoms with Gasteiger partial charge in [0, 0.05) is 33.1 Å². The molecule has 3 rings (SSSR count). The molecular weight excluding hydrogens is 300 g/mol. The molecule has 1 fully saturated rings. The molecule has 0 amide bonds. The number of aromatic nitrogens is 2. The van der Waals surface area contributed by atoms with Crippen LogP contribution in [0.4, 0.5) is 0 Å². The number of hydrogen-bond donors (Lipinski definition) is 1. The molecule has 7 heteroatoms. The van der Waals surface area contributed by atoms with Crippen molar-refractivity contribution in [3.05, 3.63) is 30.1 Å². The van der Waals surface area contributed by atoms with E-state index in [0.717, 1.165) is 36.1 Å². The van der Waals surface area contributed by atoms with Crippen LogP contribution in [0.2, 0.25) is 0 Å². The van der Waals surface area contributed by atoms with Gasteiger partial charge in [0.05, 0.1) is 11.0 Å². The predicted molar refractivity (Wildman–Crippen MR) is 86.8 cm³/mol. The van der Waals surface area contributed by atoms with Crippen molar-refractivity contribution in [3.8, 4) is 0 Å². The molecule has 2 aromatic rings. The van der Waals surface area contributed by atoms with Gasteiger partial charge in [-0.3, -0.25) is 0 Å². The zero-order valence-electron chi connectivity index (χ0n) is 12.8. The summed E-state index contributed by atoms with van der Waals surface area (Å²) in [4.78, 5) is 4.56. The maximum absolute atomic E-state index is 12.2. The molecule has 0 bridgehead atoms. The highest BCUT2D eigenvalue weighted by atomic mass is 32.2. The van der Waals surface area contributed by atoms with Gasteiger partial charge in [-0.25, -0.2) is 9.71 Å². The lowest BCUT2D eigenvalue weighted by atomic mass is 10.2. The second-order valence-electron chi connectivity index (χ2n) is 5.68.